The van der Waals surface area contributed by atoms with E-state index in [1.165, 1.54) is 0 Å². The molecule has 0 bridgehead atoms. The second kappa shape index (κ2) is 5.31. The number of carboxylic acid groups (broad SMARTS) is 1. The summed E-state index contributed by atoms with van der Waals surface area (Å²) in [6.07, 6.45) is 1.98. The highest BCUT2D eigenvalue weighted by Crippen LogP contribution is 2.30. The Labute approximate surface area is 123 Å². The van der Waals surface area contributed by atoms with E-state index in [9.17, 15) is 10.0 Å². The highest BCUT2D eigenvalue weighted by Gasteiger charge is 2.25. The Morgan fingerprint density at radius 3 is 1.86 bits per heavy atom. The summed E-state index contributed by atoms with van der Waals surface area (Å²) in [5.41, 5.74) is 3.02. The fraction of sp³-hybridized carbons (Fsp3) is 0.235. The standard InChI is InChI=1S/C17H17NO3/c19-17(20)15-5-3-13(4-6-15)14-7-9-16(10-8-14)18(21)11-1-2-12-18/h3-10H,1-2,11-12H2,(H,19,20). The van der Waals surface area contributed by atoms with Gasteiger partial charge in [-0.1, -0.05) is 12.1 Å². The molecule has 0 atom stereocenters. The molecule has 4 heteroatoms. The second-order valence-corrected chi connectivity index (χ2v) is 5.47. The van der Waals surface area contributed by atoms with Crippen LogP contribution in [0.4, 0.5) is 5.69 Å². The van der Waals surface area contributed by atoms with Crippen molar-refractivity contribution in [1.82, 2.24) is 4.65 Å². The molecule has 1 saturated heterocycles. The Bertz CT molecular complexity index is 641. The van der Waals surface area contributed by atoms with Crippen LogP contribution < -0.4 is 4.65 Å². The van der Waals surface area contributed by atoms with Crippen molar-refractivity contribution in [2.75, 3.05) is 13.1 Å². The van der Waals surface area contributed by atoms with Gasteiger partial charge in [0.2, 0.25) is 0 Å². The van der Waals surface area contributed by atoms with Crippen molar-refractivity contribution < 1.29 is 9.90 Å². The van der Waals surface area contributed by atoms with Gasteiger partial charge in [-0.25, -0.2) is 4.79 Å². The summed E-state index contributed by atoms with van der Waals surface area (Å²) in [4.78, 5) is 10.8. The maximum Gasteiger partial charge on any atom is 0.335 e. The van der Waals surface area contributed by atoms with Crippen molar-refractivity contribution in [2.24, 2.45) is 0 Å². The summed E-state index contributed by atoms with van der Waals surface area (Å²) in [6.45, 7) is 1.32. The molecular weight excluding hydrogens is 266 g/mol. The van der Waals surface area contributed by atoms with Gasteiger partial charge >= 0.3 is 5.97 Å². The summed E-state index contributed by atoms with van der Waals surface area (Å²) in [7, 11) is 0. The van der Waals surface area contributed by atoms with Gasteiger partial charge in [0, 0.05) is 25.0 Å². The van der Waals surface area contributed by atoms with Crippen molar-refractivity contribution in [3.8, 4) is 11.1 Å². The van der Waals surface area contributed by atoms with E-state index in [-0.39, 0.29) is 10.2 Å². The Morgan fingerprint density at radius 2 is 1.38 bits per heavy atom. The number of hydroxylamine groups is 2. The molecule has 0 aromatic heterocycles. The molecule has 1 aliphatic rings. The van der Waals surface area contributed by atoms with E-state index in [2.05, 4.69) is 0 Å². The third kappa shape index (κ3) is 2.68. The third-order valence-corrected chi connectivity index (χ3v) is 4.09. The predicted octanol–water partition coefficient (Wildman–Crippen LogP) is 3.65. The molecule has 0 saturated carbocycles. The van der Waals surface area contributed by atoms with E-state index in [0.29, 0.717) is 13.1 Å². The molecule has 21 heavy (non-hydrogen) atoms. The number of nitrogens with zero attached hydrogens (tertiary/aromatic N) is 1. The third-order valence-electron chi connectivity index (χ3n) is 4.09. The first kappa shape index (κ1) is 13.8. The van der Waals surface area contributed by atoms with Gasteiger partial charge in [0.1, 0.15) is 5.69 Å². The van der Waals surface area contributed by atoms with Crippen molar-refractivity contribution in [2.45, 2.75) is 12.8 Å². The number of rotatable bonds is 3. The second-order valence-electron chi connectivity index (χ2n) is 5.47. The normalized spacial score (nSPS) is 16.8. The van der Waals surface area contributed by atoms with Crippen LogP contribution in [-0.4, -0.2) is 24.2 Å². The summed E-state index contributed by atoms with van der Waals surface area (Å²) < 4.78 is -0.224. The largest absolute Gasteiger partial charge is 0.627 e. The molecule has 3 rings (SSSR count). The van der Waals surface area contributed by atoms with Crippen LogP contribution in [0.5, 0.6) is 0 Å². The van der Waals surface area contributed by atoms with Crippen molar-refractivity contribution in [3.63, 3.8) is 0 Å². The molecule has 1 heterocycles. The van der Waals surface area contributed by atoms with Crippen LogP contribution in [0.15, 0.2) is 48.5 Å². The van der Waals surface area contributed by atoms with Crippen LogP contribution in [0.1, 0.15) is 23.2 Å². The van der Waals surface area contributed by atoms with E-state index in [1.54, 1.807) is 24.3 Å². The zero-order valence-electron chi connectivity index (χ0n) is 11.7. The number of benzene rings is 2. The first-order valence-corrected chi connectivity index (χ1v) is 7.11. The molecule has 108 valence electrons. The Balaban J connectivity index is 1.85. The minimum absolute atomic E-state index is 0.224. The predicted molar refractivity (Wildman–Crippen MR) is 83.0 cm³/mol. The van der Waals surface area contributed by atoms with Crippen molar-refractivity contribution in [1.29, 1.82) is 0 Å². The molecule has 2 aromatic carbocycles. The smallest absolute Gasteiger partial charge is 0.335 e. The lowest BCUT2D eigenvalue weighted by molar-refractivity contribution is 0.0697. The minimum Gasteiger partial charge on any atom is -0.627 e. The van der Waals surface area contributed by atoms with Gasteiger partial charge in [-0.15, -0.1) is 0 Å². The van der Waals surface area contributed by atoms with E-state index in [0.717, 1.165) is 29.7 Å². The van der Waals surface area contributed by atoms with Crippen molar-refractivity contribution >= 4 is 11.7 Å². The molecule has 0 amide bonds. The quantitative estimate of drug-likeness (QED) is 0.691. The number of quaternary nitrogens is 1. The maximum absolute atomic E-state index is 12.5. The highest BCUT2D eigenvalue weighted by atomic mass is 16.5. The fourth-order valence-corrected chi connectivity index (χ4v) is 2.84. The van der Waals surface area contributed by atoms with Crippen LogP contribution in [0.2, 0.25) is 0 Å². The number of carboxylic acids is 1. The average Bonchev–Trinajstić information content (AvgIpc) is 2.96. The number of carbonyl (C=O) groups is 1. The van der Waals surface area contributed by atoms with Gasteiger partial charge < -0.3 is 15.0 Å². The summed E-state index contributed by atoms with van der Waals surface area (Å²) in [5.74, 6) is -0.927. The van der Waals surface area contributed by atoms with Crippen LogP contribution >= 0.6 is 0 Å². The molecular formula is C17H17NO3. The summed E-state index contributed by atoms with van der Waals surface area (Å²) >= 11 is 0. The summed E-state index contributed by atoms with van der Waals surface area (Å²) in [5, 5.41) is 21.4. The van der Waals surface area contributed by atoms with Crippen LogP contribution in [0.25, 0.3) is 11.1 Å². The first-order chi connectivity index (χ1) is 10.1. The van der Waals surface area contributed by atoms with Gasteiger partial charge in [-0.05, 0) is 35.4 Å². The Morgan fingerprint density at radius 1 is 0.905 bits per heavy atom. The fourth-order valence-electron chi connectivity index (χ4n) is 2.84. The zero-order chi connectivity index (χ0) is 14.9. The van der Waals surface area contributed by atoms with Crippen LogP contribution in [0, 0.1) is 5.21 Å². The van der Waals surface area contributed by atoms with Crippen molar-refractivity contribution in [3.05, 3.63) is 59.3 Å². The SMILES string of the molecule is O=C(O)c1ccc(-c2ccc([N+]3([O-])CCCC3)cc2)cc1. The molecule has 0 unspecified atom stereocenters. The topological polar surface area (TPSA) is 60.4 Å². The minimum atomic E-state index is -0.927. The molecule has 1 aliphatic heterocycles. The lowest BCUT2D eigenvalue weighted by Gasteiger charge is -2.37. The van der Waals surface area contributed by atoms with E-state index in [4.69, 9.17) is 5.11 Å². The van der Waals surface area contributed by atoms with Gasteiger partial charge in [-0.2, -0.15) is 0 Å². The van der Waals surface area contributed by atoms with Gasteiger partial charge in [0.05, 0.1) is 18.7 Å². The maximum atomic E-state index is 12.5. The molecule has 2 aromatic rings. The summed E-state index contributed by atoms with van der Waals surface area (Å²) in [6, 6.07) is 14.4. The first-order valence-electron chi connectivity index (χ1n) is 7.11. The van der Waals surface area contributed by atoms with Gasteiger partial charge in [0.15, 0.2) is 0 Å². The van der Waals surface area contributed by atoms with E-state index >= 15 is 0 Å². The number of aromatic carboxylic acids is 1. The molecule has 0 aliphatic carbocycles. The average molecular weight is 283 g/mol. The molecule has 0 spiro atoms. The molecule has 1 N–H and O–H groups in total. The van der Waals surface area contributed by atoms with Gasteiger partial charge in [-0.3, -0.25) is 0 Å². The lowest BCUT2D eigenvalue weighted by Crippen LogP contribution is -2.39. The molecule has 4 nitrogen and oxygen atoms in total. The molecule has 0 radical (unpaired) electrons. The van der Waals surface area contributed by atoms with Gasteiger partial charge in [0.25, 0.3) is 0 Å². The van der Waals surface area contributed by atoms with Crippen LogP contribution in [0.3, 0.4) is 0 Å². The number of hydrogen-bond donors (Lipinski definition) is 1. The van der Waals surface area contributed by atoms with Crippen LogP contribution in [-0.2, 0) is 0 Å². The van der Waals surface area contributed by atoms with E-state index < -0.39 is 5.97 Å². The lowest BCUT2D eigenvalue weighted by atomic mass is 10.0. The Hall–Kier alpha value is -2.17. The monoisotopic (exact) mass is 283 g/mol. The number of hydrogen-bond acceptors (Lipinski definition) is 2. The van der Waals surface area contributed by atoms with E-state index in [1.807, 2.05) is 24.3 Å². The molecule has 1 fully saturated rings. The highest BCUT2D eigenvalue weighted by molar-refractivity contribution is 5.88. The zero-order valence-corrected chi connectivity index (χ0v) is 11.7. The Kier molecular flexibility index (Phi) is 3.49.